The number of pyridine rings is 1. The van der Waals surface area contributed by atoms with E-state index >= 15 is 0 Å². The molecule has 0 unspecified atom stereocenters. The van der Waals surface area contributed by atoms with Gasteiger partial charge in [0.2, 0.25) is 0 Å². The van der Waals surface area contributed by atoms with Crippen molar-refractivity contribution in [1.82, 2.24) is 19.2 Å². The third kappa shape index (κ3) is 2.32. The Balaban J connectivity index is 1.76. The molecule has 7 heteroatoms. The smallest absolute Gasteiger partial charge is 0.269 e. The average molecular weight is 319 g/mol. The predicted octanol–water partition coefficient (Wildman–Crippen LogP) is 3.31. The Kier molecular flexibility index (Phi) is 3.13. The lowest BCUT2D eigenvalue weighted by atomic mass is 10.1. The van der Waals surface area contributed by atoms with Gasteiger partial charge in [-0.2, -0.15) is 5.10 Å². The molecule has 0 saturated carbocycles. The molecule has 0 aliphatic heterocycles. The van der Waals surface area contributed by atoms with E-state index in [9.17, 15) is 10.1 Å². The Morgan fingerprint density at radius 1 is 1.04 bits per heavy atom. The average Bonchev–Trinajstić information content (AvgIpc) is 3.20. The summed E-state index contributed by atoms with van der Waals surface area (Å²) < 4.78 is 3.72. The van der Waals surface area contributed by atoms with Crippen LogP contribution in [0.3, 0.4) is 0 Å². The van der Waals surface area contributed by atoms with Gasteiger partial charge in [0.1, 0.15) is 5.65 Å². The van der Waals surface area contributed by atoms with E-state index in [-0.39, 0.29) is 5.69 Å². The zero-order chi connectivity index (χ0) is 16.7. The molecule has 0 fully saturated rings. The van der Waals surface area contributed by atoms with Crippen molar-refractivity contribution in [2.45, 2.75) is 0 Å². The number of nitro groups is 1. The maximum absolute atomic E-state index is 10.8. The van der Waals surface area contributed by atoms with E-state index in [0.717, 1.165) is 28.0 Å². The summed E-state index contributed by atoms with van der Waals surface area (Å²) in [4.78, 5) is 14.8. The minimum Gasteiger partial charge on any atom is -0.300 e. The number of imidazole rings is 1. The summed E-state index contributed by atoms with van der Waals surface area (Å²) in [6.45, 7) is 0. The highest BCUT2D eigenvalue weighted by Gasteiger charge is 2.10. The molecule has 1 aromatic carbocycles. The fraction of sp³-hybridized carbons (Fsp3) is 0.0588. The Hall–Kier alpha value is -3.48. The number of nitro benzene ring substituents is 1. The van der Waals surface area contributed by atoms with Crippen LogP contribution in [0.2, 0.25) is 0 Å². The second-order valence-electron chi connectivity index (χ2n) is 5.49. The standard InChI is InChI=1S/C17H13N5O2/c1-20-11-14(9-19-20)13-6-7-21-16(10-18-17(21)8-13)12-2-4-15(5-3-12)22(23)24/h2-11H,1H3. The number of rotatable bonds is 3. The molecule has 0 aliphatic carbocycles. The monoisotopic (exact) mass is 319 g/mol. The Labute approximate surface area is 137 Å². The molecule has 7 nitrogen and oxygen atoms in total. The Morgan fingerprint density at radius 2 is 1.83 bits per heavy atom. The summed E-state index contributed by atoms with van der Waals surface area (Å²) in [5.74, 6) is 0. The van der Waals surface area contributed by atoms with Crippen LogP contribution >= 0.6 is 0 Å². The van der Waals surface area contributed by atoms with Crippen LogP contribution in [0.25, 0.3) is 28.0 Å². The van der Waals surface area contributed by atoms with Crippen LogP contribution < -0.4 is 0 Å². The third-order valence-corrected chi connectivity index (χ3v) is 3.93. The second-order valence-corrected chi connectivity index (χ2v) is 5.49. The van der Waals surface area contributed by atoms with E-state index in [4.69, 9.17) is 0 Å². The van der Waals surface area contributed by atoms with Gasteiger partial charge in [-0.15, -0.1) is 0 Å². The fourth-order valence-electron chi connectivity index (χ4n) is 2.70. The zero-order valence-corrected chi connectivity index (χ0v) is 12.8. The molecule has 0 atom stereocenters. The van der Waals surface area contributed by atoms with Gasteiger partial charge in [0.25, 0.3) is 5.69 Å². The summed E-state index contributed by atoms with van der Waals surface area (Å²) in [7, 11) is 1.88. The largest absolute Gasteiger partial charge is 0.300 e. The van der Waals surface area contributed by atoms with Crippen molar-refractivity contribution in [3.8, 4) is 22.4 Å². The molecule has 0 radical (unpaired) electrons. The van der Waals surface area contributed by atoms with Gasteiger partial charge >= 0.3 is 0 Å². The van der Waals surface area contributed by atoms with Crippen LogP contribution in [0, 0.1) is 10.1 Å². The van der Waals surface area contributed by atoms with Gasteiger partial charge in [0, 0.05) is 42.7 Å². The minimum atomic E-state index is -0.404. The number of hydrogen-bond donors (Lipinski definition) is 0. The van der Waals surface area contributed by atoms with E-state index in [1.807, 2.05) is 42.2 Å². The molecule has 0 bridgehead atoms. The highest BCUT2D eigenvalue weighted by atomic mass is 16.6. The third-order valence-electron chi connectivity index (χ3n) is 3.93. The van der Waals surface area contributed by atoms with Crippen LogP contribution in [0.15, 0.2) is 61.2 Å². The van der Waals surface area contributed by atoms with Gasteiger partial charge in [-0.1, -0.05) is 0 Å². The van der Waals surface area contributed by atoms with Crippen molar-refractivity contribution in [2.24, 2.45) is 7.05 Å². The highest BCUT2D eigenvalue weighted by Crippen LogP contribution is 2.26. The number of aryl methyl sites for hydroxylation is 1. The molecular formula is C17H13N5O2. The topological polar surface area (TPSA) is 78.3 Å². The van der Waals surface area contributed by atoms with Crippen LogP contribution in [-0.2, 0) is 7.05 Å². The van der Waals surface area contributed by atoms with Crippen LogP contribution in [0.4, 0.5) is 5.69 Å². The predicted molar refractivity (Wildman–Crippen MR) is 89.5 cm³/mol. The summed E-state index contributed by atoms with van der Waals surface area (Å²) in [6.07, 6.45) is 7.48. The molecule has 0 N–H and O–H groups in total. The van der Waals surface area contributed by atoms with Crippen LogP contribution in [-0.4, -0.2) is 24.1 Å². The highest BCUT2D eigenvalue weighted by molar-refractivity contribution is 5.70. The van der Waals surface area contributed by atoms with E-state index in [0.29, 0.717) is 0 Å². The molecule has 0 saturated heterocycles. The maximum Gasteiger partial charge on any atom is 0.269 e. The number of nitrogens with zero attached hydrogens (tertiary/aromatic N) is 5. The second kappa shape index (κ2) is 5.31. The van der Waals surface area contributed by atoms with Crippen molar-refractivity contribution in [2.75, 3.05) is 0 Å². The molecule has 24 heavy (non-hydrogen) atoms. The lowest BCUT2D eigenvalue weighted by Crippen LogP contribution is -1.90. The first-order valence-electron chi connectivity index (χ1n) is 7.33. The van der Waals surface area contributed by atoms with E-state index in [2.05, 4.69) is 10.1 Å². The quantitative estimate of drug-likeness (QED) is 0.429. The molecule has 4 aromatic rings. The number of benzene rings is 1. The first kappa shape index (κ1) is 14.1. The van der Waals surface area contributed by atoms with E-state index < -0.39 is 4.92 Å². The number of fused-ring (bicyclic) bond motifs is 1. The number of hydrogen-bond acceptors (Lipinski definition) is 4. The summed E-state index contributed by atoms with van der Waals surface area (Å²) >= 11 is 0. The molecule has 3 aromatic heterocycles. The van der Waals surface area contributed by atoms with Gasteiger partial charge in [-0.3, -0.25) is 19.2 Å². The lowest BCUT2D eigenvalue weighted by Gasteiger charge is -2.03. The van der Waals surface area contributed by atoms with Crippen molar-refractivity contribution in [3.63, 3.8) is 0 Å². The molecule has 0 spiro atoms. The first-order chi connectivity index (χ1) is 11.6. The summed E-state index contributed by atoms with van der Waals surface area (Å²) in [5.41, 5.74) is 4.72. The SMILES string of the molecule is Cn1cc(-c2ccn3c(-c4ccc([N+](=O)[O-])cc4)cnc3c2)cn1. The molecular weight excluding hydrogens is 306 g/mol. The van der Waals surface area contributed by atoms with E-state index in [1.54, 1.807) is 23.0 Å². The summed E-state index contributed by atoms with van der Waals surface area (Å²) in [5, 5.41) is 14.9. The molecule has 0 aliphatic rings. The molecule has 118 valence electrons. The van der Waals surface area contributed by atoms with Gasteiger partial charge in [0.15, 0.2) is 0 Å². The summed E-state index contributed by atoms with van der Waals surface area (Å²) in [6, 6.07) is 10.5. The molecule has 3 heterocycles. The zero-order valence-electron chi connectivity index (χ0n) is 12.8. The van der Waals surface area contributed by atoms with E-state index in [1.165, 1.54) is 12.1 Å². The van der Waals surface area contributed by atoms with Gasteiger partial charge < -0.3 is 0 Å². The fourth-order valence-corrected chi connectivity index (χ4v) is 2.70. The van der Waals surface area contributed by atoms with Gasteiger partial charge in [-0.05, 0) is 29.8 Å². The van der Waals surface area contributed by atoms with Gasteiger partial charge in [-0.25, -0.2) is 4.98 Å². The molecule has 0 amide bonds. The lowest BCUT2D eigenvalue weighted by molar-refractivity contribution is -0.384. The number of non-ortho nitro benzene ring substituents is 1. The van der Waals surface area contributed by atoms with Crippen LogP contribution in [0.5, 0.6) is 0 Å². The van der Waals surface area contributed by atoms with Crippen LogP contribution in [0.1, 0.15) is 0 Å². The molecule has 4 rings (SSSR count). The van der Waals surface area contributed by atoms with Crippen molar-refractivity contribution < 1.29 is 4.92 Å². The van der Waals surface area contributed by atoms with Crippen molar-refractivity contribution >= 4 is 11.3 Å². The van der Waals surface area contributed by atoms with Crippen molar-refractivity contribution in [3.05, 3.63) is 71.3 Å². The number of aromatic nitrogens is 4. The maximum atomic E-state index is 10.8. The van der Waals surface area contributed by atoms with Crippen molar-refractivity contribution in [1.29, 1.82) is 0 Å². The Morgan fingerprint density at radius 3 is 2.50 bits per heavy atom. The minimum absolute atomic E-state index is 0.0754. The first-order valence-corrected chi connectivity index (χ1v) is 7.33. The Bertz CT molecular complexity index is 1050. The normalized spacial score (nSPS) is 11.0. The van der Waals surface area contributed by atoms with Gasteiger partial charge in [0.05, 0.1) is 23.0 Å².